The number of benzene rings is 6. The van der Waals surface area contributed by atoms with Crippen molar-refractivity contribution >= 4 is 157 Å². The first kappa shape index (κ1) is 109. The fraction of sp³-hybridized carbons (Fsp3) is 0.349. The van der Waals surface area contributed by atoms with Crippen molar-refractivity contribution in [3.8, 4) is 5.69 Å². The van der Waals surface area contributed by atoms with E-state index in [2.05, 4.69) is 256 Å². The number of hydrogen-bond acceptors (Lipinski definition) is 30. The van der Waals surface area contributed by atoms with E-state index in [0.29, 0.717) is 75.6 Å². The van der Waals surface area contributed by atoms with E-state index in [-0.39, 0.29) is 54.9 Å². The van der Waals surface area contributed by atoms with Crippen LogP contribution in [0.4, 0.5) is 109 Å². The number of halogens is 1. The summed E-state index contributed by atoms with van der Waals surface area (Å²) in [4.78, 5) is 59.8. The number of aromatic nitrogens is 17. The lowest BCUT2D eigenvalue weighted by Crippen LogP contribution is -2.42. The number of aryl methyl sites for hydroxylation is 7. The molecule has 0 radical (unpaired) electrons. The fourth-order valence-electron chi connectivity index (χ4n) is 14.3. The first-order chi connectivity index (χ1) is 68.2. The topological polar surface area (TPSA) is 469 Å². The van der Waals surface area contributed by atoms with Crippen LogP contribution in [0.1, 0.15) is 176 Å². The number of sulfonamides is 2. The van der Waals surface area contributed by atoms with Crippen LogP contribution in [-0.4, -0.2) is 161 Å². The summed E-state index contributed by atoms with van der Waals surface area (Å²) >= 11 is 0. The smallest absolute Gasteiger partial charge is 0.240 e. The van der Waals surface area contributed by atoms with Gasteiger partial charge >= 0.3 is 0 Å². The van der Waals surface area contributed by atoms with Gasteiger partial charge in [-0.3, -0.25) is 5.10 Å². The molecule has 10 aromatic heterocycles. The second-order valence-electron chi connectivity index (χ2n) is 41.6. The summed E-state index contributed by atoms with van der Waals surface area (Å²) < 4.78 is 70.8. The fourth-order valence-corrected chi connectivity index (χ4v) is 16.7. The first-order valence-electron chi connectivity index (χ1n) is 47.9. The van der Waals surface area contributed by atoms with Crippen molar-refractivity contribution in [2.75, 3.05) is 83.9 Å². The van der Waals surface area contributed by atoms with E-state index in [9.17, 15) is 21.2 Å². The van der Waals surface area contributed by atoms with Crippen LogP contribution in [0.2, 0.25) is 0 Å². The van der Waals surface area contributed by atoms with Gasteiger partial charge in [0.25, 0.3) is 0 Å². The number of anilines is 18. The molecule has 0 unspecified atom stereocenters. The Kier molecular flexibility index (Phi) is 34.9. The van der Waals surface area contributed by atoms with E-state index in [1.807, 2.05) is 214 Å². The molecule has 39 heteroatoms. The molecule has 11 heterocycles. The van der Waals surface area contributed by atoms with Crippen LogP contribution >= 0.6 is 0 Å². The second kappa shape index (κ2) is 46.5. The lowest BCUT2D eigenvalue weighted by atomic mass is 10.1. The third-order valence-electron chi connectivity index (χ3n) is 21.3. The van der Waals surface area contributed by atoms with Crippen LogP contribution in [-0.2, 0) is 20.0 Å². The van der Waals surface area contributed by atoms with Crippen LogP contribution < -0.4 is 78.6 Å². The van der Waals surface area contributed by atoms with E-state index < -0.39 is 20.0 Å². The Labute approximate surface area is 849 Å². The molecule has 1 fully saturated rings. The van der Waals surface area contributed by atoms with Crippen molar-refractivity contribution in [1.29, 1.82) is 0 Å². The Morgan fingerprint density at radius 3 is 1.20 bits per heavy atom. The predicted octanol–water partition coefficient (Wildman–Crippen LogP) is 22.4. The zero-order chi connectivity index (χ0) is 105. The molecule has 0 amide bonds. The lowest BCUT2D eigenvalue weighted by molar-refractivity contribution is 0.427. The minimum atomic E-state index is -3.58. The Bertz CT molecular complexity index is 7330. The van der Waals surface area contributed by atoms with Gasteiger partial charge in [-0.1, -0.05) is 24.3 Å². The Balaban J connectivity index is 0.000000155. The van der Waals surface area contributed by atoms with E-state index in [1.54, 1.807) is 68.1 Å². The predicted molar refractivity (Wildman–Crippen MR) is 589 cm³/mol. The molecule has 17 rings (SSSR count). The summed E-state index contributed by atoms with van der Waals surface area (Å²) in [5, 5.41) is 52.7. The number of rotatable bonds is 24. The van der Waals surface area contributed by atoms with Gasteiger partial charge in [-0.25, -0.2) is 60.6 Å². The van der Waals surface area contributed by atoms with E-state index in [4.69, 9.17) is 0 Å². The first-order valence-corrected chi connectivity index (χ1v) is 50.9. The third-order valence-corrected chi connectivity index (χ3v) is 24.4. The van der Waals surface area contributed by atoms with Crippen LogP contribution in [0.25, 0.3) is 38.4 Å². The van der Waals surface area contributed by atoms with Gasteiger partial charge in [-0.05, 0) is 327 Å². The van der Waals surface area contributed by atoms with Crippen molar-refractivity contribution < 1.29 is 21.2 Å². The molecule has 16 aromatic rings. The van der Waals surface area contributed by atoms with Gasteiger partial charge in [-0.2, -0.15) is 35.0 Å². The molecule has 766 valence electrons. The highest BCUT2D eigenvalue weighted by Crippen LogP contribution is 2.34. The van der Waals surface area contributed by atoms with Crippen molar-refractivity contribution in [2.24, 2.45) is 0 Å². The average Bonchev–Trinajstić information content (AvgIpc) is 1.56. The second-order valence-corrected chi connectivity index (χ2v) is 45.2. The molecule has 0 bridgehead atoms. The maximum atomic E-state index is 13.8. The molecule has 1 aliphatic heterocycles. The lowest BCUT2D eigenvalue weighted by Gasteiger charge is -2.23. The molecular formula is C106H139FN32O4S2. The molecule has 0 saturated carbocycles. The summed E-state index contributed by atoms with van der Waals surface area (Å²) in [6, 6.07) is 43.4. The molecule has 18 N–H and O–H groups in total. The highest BCUT2D eigenvalue weighted by Gasteiger charge is 2.26. The number of hydrogen-bond donors (Lipinski definition) is 18. The Hall–Kier alpha value is -15.1. The zero-order valence-electron chi connectivity index (χ0n) is 87.6. The van der Waals surface area contributed by atoms with Gasteiger partial charge < -0.3 is 83.7 Å². The number of aromatic amines is 3. The molecule has 145 heavy (non-hydrogen) atoms. The van der Waals surface area contributed by atoms with E-state index in [1.165, 1.54) is 18.5 Å². The third kappa shape index (κ3) is 33.0. The van der Waals surface area contributed by atoms with Crippen LogP contribution in [0.5, 0.6) is 0 Å². The van der Waals surface area contributed by atoms with Crippen LogP contribution in [0.15, 0.2) is 217 Å². The summed E-state index contributed by atoms with van der Waals surface area (Å²) in [5.74, 6) is 7.53. The minimum absolute atomic E-state index is 0.0343. The molecule has 1 aliphatic rings. The standard InChI is InChI=1S/C20H30N6O2S.C19H23N5.C17H20FN5.C17H25N5O2S.C17H21N5.C16H20N6/c1-14-13-22-19(25-20(2,3)4)24-18(14)23-16-6-5-7-17(12-16)29(27,28)26-15-8-10-21-11-9-15;1-14-13-20-18(23-19(2,3)4)22-17(14)21-15-8-7-9-16(12-15)24-10-5-6-11-24;1-10-9-20-16(23-17(2,3)4)22-15(10)21-13-6-5-12(18)14-11(13)7-8-19-14;1-11-7-8-13(9-14(11)25(23,24)18-6)20-15-12(2)10-19-16(21-15)22-17(3,4)5;1-11-10-19-16(22-17(2,3)4)21-15(11)20-13-5-6-14-12(9-13)7-8-18-14;1-10-8-17-15(21-16(2,3)4)20-14(10)19-12-6-5-7-13-11(12)9-18-22-13/h5-7,12-13,15,21,26H,8-11H2,1-4H3,(H2,22,23,24,25);5-13H,1-4H3,(H2,20,21,22,23);5-9,19H,1-4H3,(H2,20,21,22,23);7-10,18H,1-6H3,(H2,19,20,21,22);5-10,18H,1-4H3,(H2,19,20,21,22);5-9H,1-4H3,(H,18,22)(H2,17,19,20,21). The molecule has 6 aromatic carbocycles. The number of H-pyrrole nitrogens is 3. The summed E-state index contributed by atoms with van der Waals surface area (Å²) in [6.07, 6.45) is 21.8. The number of piperidine rings is 1. The van der Waals surface area contributed by atoms with Crippen LogP contribution in [0.3, 0.4) is 0 Å². The van der Waals surface area contributed by atoms with Gasteiger partial charge in [0.05, 0.1) is 32.7 Å². The average molecular weight is 2010 g/mol. The maximum absolute atomic E-state index is 13.8. The Morgan fingerprint density at radius 1 is 0.366 bits per heavy atom. The molecular weight excluding hydrogens is 1870 g/mol. The quantitative estimate of drug-likeness (QED) is 0.0267. The molecule has 0 atom stereocenters. The maximum Gasteiger partial charge on any atom is 0.240 e. The SMILES string of the molecule is CNS(=O)(=O)c1cc(Nc2nc(NC(C)(C)C)ncc2C)ccc1C.Cc1cnc(NC(C)(C)C)nc1Nc1ccc(F)c2[nH]ccc12.Cc1cnc(NC(C)(C)C)nc1Nc1ccc2[nH]ccc2c1.Cc1cnc(NC(C)(C)C)nc1Nc1cccc(-n2cccc2)c1.Cc1cnc(NC(C)(C)C)nc1Nc1cccc(S(=O)(=O)NC2CCNCC2)c1.Cc1cnc(NC(C)(C)C)nc1Nc1cccc2[nH]ncc12. The molecule has 1 saturated heterocycles. The number of nitrogens with zero attached hydrogens (tertiary/aromatic N) is 14. The van der Waals surface area contributed by atoms with Crippen molar-refractivity contribution in [3.05, 3.63) is 252 Å². The van der Waals surface area contributed by atoms with E-state index >= 15 is 0 Å². The minimum Gasteiger partial charge on any atom is -0.361 e. The summed E-state index contributed by atoms with van der Waals surface area (Å²) in [7, 11) is -5.70. The number of nitrogens with one attached hydrogen (secondary N) is 18. The molecule has 36 nitrogen and oxygen atoms in total. The van der Waals surface area contributed by atoms with E-state index in [0.717, 1.165) is 127 Å². The van der Waals surface area contributed by atoms with Gasteiger partial charge in [0.15, 0.2) is 0 Å². The van der Waals surface area contributed by atoms with Crippen molar-refractivity contribution in [2.45, 2.75) is 235 Å². The largest absolute Gasteiger partial charge is 0.361 e. The van der Waals surface area contributed by atoms with Crippen LogP contribution in [0, 0.1) is 54.3 Å². The van der Waals surface area contributed by atoms with Gasteiger partial charge in [0.2, 0.25) is 55.7 Å². The highest BCUT2D eigenvalue weighted by molar-refractivity contribution is 7.89. The number of fused-ring (bicyclic) bond motifs is 3. The summed E-state index contributed by atoms with van der Waals surface area (Å²) in [6.45, 7) is 52.2. The Morgan fingerprint density at radius 2 is 0.759 bits per heavy atom. The summed E-state index contributed by atoms with van der Waals surface area (Å²) in [5.41, 5.74) is 14.4. The van der Waals surface area contributed by atoms with Gasteiger partial charge in [0.1, 0.15) is 40.7 Å². The highest BCUT2D eigenvalue weighted by atomic mass is 32.2. The normalized spacial score (nSPS) is 12.5. The monoisotopic (exact) mass is 2010 g/mol. The zero-order valence-corrected chi connectivity index (χ0v) is 89.3. The van der Waals surface area contributed by atoms with Crippen molar-refractivity contribution in [1.82, 2.24) is 99.3 Å². The molecule has 0 aliphatic carbocycles. The van der Waals surface area contributed by atoms with Gasteiger partial charge in [0, 0.05) is 190 Å². The van der Waals surface area contributed by atoms with Gasteiger partial charge in [-0.15, -0.1) is 0 Å². The van der Waals surface area contributed by atoms with Crippen molar-refractivity contribution in [3.63, 3.8) is 0 Å². The molecule has 0 spiro atoms.